The van der Waals surface area contributed by atoms with Gasteiger partial charge in [0.1, 0.15) is 0 Å². The van der Waals surface area contributed by atoms with E-state index in [-0.39, 0.29) is 29.4 Å². The van der Waals surface area contributed by atoms with E-state index in [1.165, 1.54) is 25.3 Å². The summed E-state index contributed by atoms with van der Waals surface area (Å²) >= 11 is 0. The third kappa shape index (κ3) is 2.78. The topological polar surface area (TPSA) is 78.9 Å². The van der Waals surface area contributed by atoms with Crippen LogP contribution in [0.15, 0.2) is 18.2 Å². The van der Waals surface area contributed by atoms with E-state index < -0.39 is 0 Å². The molecule has 19 heavy (non-hydrogen) atoms. The minimum absolute atomic E-state index is 0.0187. The standard InChI is InChI=1S/C13H16N2O4/c1-15-7-9(6-12(15)17)14-13(18)8-3-4-10(16)11(5-8)19-2/h3-5,9,16H,6-7H2,1-2H3,(H,14,18). The van der Waals surface area contributed by atoms with Gasteiger partial charge in [0.2, 0.25) is 5.91 Å². The summed E-state index contributed by atoms with van der Waals surface area (Å²) in [4.78, 5) is 25.0. The Morgan fingerprint density at radius 2 is 2.26 bits per heavy atom. The highest BCUT2D eigenvalue weighted by Crippen LogP contribution is 2.26. The van der Waals surface area contributed by atoms with Crippen molar-refractivity contribution in [2.75, 3.05) is 20.7 Å². The number of benzene rings is 1. The van der Waals surface area contributed by atoms with Gasteiger partial charge in [0.15, 0.2) is 11.5 Å². The quantitative estimate of drug-likeness (QED) is 0.826. The van der Waals surface area contributed by atoms with Gasteiger partial charge in [-0.05, 0) is 18.2 Å². The van der Waals surface area contributed by atoms with E-state index in [0.717, 1.165) is 0 Å². The summed E-state index contributed by atoms with van der Waals surface area (Å²) in [5, 5.41) is 12.3. The van der Waals surface area contributed by atoms with Crippen LogP contribution in [0.4, 0.5) is 0 Å². The highest BCUT2D eigenvalue weighted by atomic mass is 16.5. The number of amides is 2. The monoisotopic (exact) mass is 264 g/mol. The Kier molecular flexibility index (Phi) is 3.59. The van der Waals surface area contributed by atoms with Gasteiger partial charge in [-0.25, -0.2) is 0 Å². The van der Waals surface area contributed by atoms with Crippen molar-refractivity contribution in [2.45, 2.75) is 12.5 Å². The fourth-order valence-electron chi connectivity index (χ4n) is 2.05. The van der Waals surface area contributed by atoms with Crippen LogP contribution < -0.4 is 10.1 Å². The smallest absolute Gasteiger partial charge is 0.251 e. The van der Waals surface area contributed by atoms with Gasteiger partial charge < -0.3 is 20.1 Å². The predicted octanol–water partition coefficient (Wildman–Crippen LogP) is 0.361. The minimum atomic E-state index is -0.286. The van der Waals surface area contributed by atoms with Crippen LogP contribution in [0.3, 0.4) is 0 Å². The van der Waals surface area contributed by atoms with Crippen LogP contribution in [0, 0.1) is 0 Å². The molecule has 0 bridgehead atoms. The van der Waals surface area contributed by atoms with E-state index in [0.29, 0.717) is 18.5 Å². The third-order valence-electron chi connectivity index (χ3n) is 3.12. The van der Waals surface area contributed by atoms with E-state index in [1.54, 1.807) is 11.9 Å². The Morgan fingerprint density at radius 1 is 1.53 bits per heavy atom. The number of hydrogen-bond donors (Lipinski definition) is 2. The Morgan fingerprint density at radius 3 is 2.84 bits per heavy atom. The number of likely N-dealkylation sites (tertiary alicyclic amines) is 1. The molecule has 0 radical (unpaired) electrons. The first-order chi connectivity index (χ1) is 9.01. The molecule has 1 aliphatic rings. The summed E-state index contributed by atoms with van der Waals surface area (Å²) in [5.41, 5.74) is 0.386. The van der Waals surface area contributed by atoms with Crippen molar-refractivity contribution in [3.8, 4) is 11.5 Å². The predicted molar refractivity (Wildman–Crippen MR) is 68.2 cm³/mol. The number of hydrogen-bond acceptors (Lipinski definition) is 4. The normalized spacial score (nSPS) is 18.5. The molecule has 1 atom stereocenters. The molecule has 1 heterocycles. The number of phenols is 1. The highest BCUT2D eigenvalue weighted by molar-refractivity contribution is 5.95. The summed E-state index contributed by atoms with van der Waals surface area (Å²) in [5.74, 6) is -0.0397. The average molecular weight is 264 g/mol. The molecule has 6 nitrogen and oxygen atoms in total. The largest absolute Gasteiger partial charge is 0.504 e. The van der Waals surface area contributed by atoms with Gasteiger partial charge in [-0.3, -0.25) is 9.59 Å². The molecule has 0 spiro atoms. The third-order valence-corrected chi connectivity index (χ3v) is 3.12. The number of nitrogens with zero attached hydrogens (tertiary/aromatic N) is 1. The van der Waals surface area contributed by atoms with Gasteiger partial charge in [-0.1, -0.05) is 0 Å². The zero-order valence-electron chi connectivity index (χ0n) is 10.8. The molecule has 1 unspecified atom stereocenters. The van der Waals surface area contributed by atoms with E-state index in [2.05, 4.69) is 5.32 Å². The second-order valence-corrected chi connectivity index (χ2v) is 4.54. The van der Waals surface area contributed by atoms with Crippen LogP contribution >= 0.6 is 0 Å². The molecular formula is C13H16N2O4. The number of carbonyl (C=O) groups is 2. The van der Waals surface area contributed by atoms with Gasteiger partial charge in [0.25, 0.3) is 5.91 Å². The summed E-state index contributed by atoms with van der Waals surface area (Å²) in [6.07, 6.45) is 0.317. The fraction of sp³-hybridized carbons (Fsp3) is 0.385. The summed E-state index contributed by atoms with van der Waals surface area (Å²) in [6.45, 7) is 0.514. The van der Waals surface area contributed by atoms with E-state index in [1.807, 2.05) is 0 Å². The molecule has 0 aliphatic carbocycles. The Bertz CT molecular complexity index is 515. The van der Waals surface area contributed by atoms with E-state index in [9.17, 15) is 14.7 Å². The molecule has 102 valence electrons. The number of likely N-dealkylation sites (N-methyl/N-ethyl adjacent to an activating group) is 1. The molecule has 1 aromatic carbocycles. The van der Waals surface area contributed by atoms with Crippen molar-refractivity contribution in [3.63, 3.8) is 0 Å². The molecule has 0 saturated carbocycles. The summed E-state index contributed by atoms with van der Waals surface area (Å²) in [7, 11) is 3.12. The van der Waals surface area contributed by atoms with Gasteiger partial charge in [0, 0.05) is 25.6 Å². The first-order valence-electron chi connectivity index (χ1n) is 5.93. The first-order valence-corrected chi connectivity index (χ1v) is 5.93. The number of ether oxygens (including phenoxy) is 1. The molecule has 1 aromatic rings. The van der Waals surface area contributed by atoms with Crippen LogP contribution in [0.2, 0.25) is 0 Å². The maximum absolute atomic E-state index is 12.0. The van der Waals surface area contributed by atoms with Crippen LogP contribution in [0.25, 0.3) is 0 Å². The number of carbonyl (C=O) groups excluding carboxylic acids is 2. The van der Waals surface area contributed by atoms with Crippen molar-refractivity contribution in [1.82, 2.24) is 10.2 Å². The number of phenolic OH excluding ortho intramolecular Hbond substituents is 1. The lowest BCUT2D eigenvalue weighted by atomic mass is 10.1. The summed E-state index contributed by atoms with van der Waals surface area (Å²) in [6, 6.07) is 4.20. The lowest BCUT2D eigenvalue weighted by Crippen LogP contribution is -2.36. The second-order valence-electron chi connectivity index (χ2n) is 4.54. The molecule has 6 heteroatoms. The van der Waals surface area contributed by atoms with E-state index >= 15 is 0 Å². The van der Waals surface area contributed by atoms with Crippen molar-refractivity contribution >= 4 is 11.8 Å². The molecule has 1 aliphatic heterocycles. The molecule has 0 aromatic heterocycles. The van der Waals surface area contributed by atoms with Gasteiger partial charge in [-0.15, -0.1) is 0 Å². The summed E-state index contributed by atoms with van der Waals surface area (Å²) < 4.78 is 4.95. The molecule has 1 saturated heterocycles. The van der Waals surface area contributed by atoms with Gasteiger partial charge >= 0.3 is 0 Å². The Hall–Kier alpha value is -2.24. The van der Waals surface area contributed by atoms with Crippen molar-refractivity contribution < 1.29 is 19.4 Å². The highest BCUT2D eigenvalue weighted by Gasteiger charge is 2.28. The molecular weight excluding hydrogens is 248 g/mol. The van der Waals surface area contributed by atoms with E-state index in [4.69, 9.17) is 4.74 Å². The number of aromatic hydroxyl groups is 1. The first kappa shape index (κ1) is 13.2. The van der Waals surface area contributed by atoms with Crippen LogP contribution in [0.5, 0.6) is 11.5 Å². The zero-order valence-corrected chi connectivity index (χ0v) is 10.8. The second kappa shape index (κ2) is 5.17. The van der Waals surface area contributed by atoms with Crippen molar-refractivity contribution in [1.29, 1.82) is 0 Å². The van der Waals surface area contributed by atoms with Crippen LogP contribution in [-0.2, 0) is 4.79 Å². The SMILES string of the molecule is COc1cc(C(=O)NC2CC(=O)N(C)C2)ccc1O. The molecule has 2 rings (SSSR count). The molecule has 2 N–H and O–H groups in total. The zero-order chi connectivity index (χ0) is 14.0. The minimum Gasteiger partial charge on any atom is -0.504 e. The van der Waals surface area contributed by atoms with Crippen LogP contribution in [0.1, 0.15) is 16.8 Å². The number of methoxy groups -OCH3 is 1. The number of rotatable bonds is 3. The van der Waals surface area contributed by atoms with Crippen LogP contribution in [-0.4, -0.2) is 48.6 Å². The Balaban J connectivity index is 2.06. The average Bonchev–Trinajstić information content (AvgIpc) is 2.68. The van der Waals surface area contributed by atoms with Crippen molar-refractivity contribution in [3.05, 3.63) is 23.8 Å². The van der Waals surface area contributed by atoms with Crippen molar-refractivity contribution in [2.24, 2.45) is 0 Å². The maximum Gasteiger partial charge on any atom is 0.251 e. The van der Waals surface area contributed by atoms with Gasteiger partial charge in [0.05, 0.1) is 13.2 Å². The number of nitrogens with one attached hydrogen (secondary N) is 1. The maximum atomic E-state index is 12.0. The Labute approximate surface area is 111 Å². The molecule has 2 amide bonds. The van der Waals surface area contributed by atoms with Gasteiger partial charge in [-0.2, -0.15) is 0 Å². The fourth-order valence-corrected chi connectivity index (χ4v) is 2.05. The lowest BCUT2D eigenvalue weighted by Gasteiger charge is -2.13. The lowest BCUT2D eigenvalue weighted by molar-refractivity contribution is -0.126. The molecule has 1 fully saturated rings.